The lowest BCUT2D eigenvalue weighted by molar-refractivity contribution is -0.159. The normalized spacial score (nSPS) is 17.8. The van der Waals surface area contributed by atoms with Gasteiger partial charge < -0.3 is 18.6 Å². The molecule has 0 saturated carbocycles. The zero-order valence-electron chi connectivity index (χ0n) is 24.5. The van der Waals surface area contributed by atoms with Gasteiger partial charge in [0.15, 0.2) is 0 Å². The molecule has 3 aromatic heterocycles. The summed E-state index contributed by atoms with van der Waals surface area (Å²) in [6, 6.07) is 15.3. The van der Waals surface area contributed by atoms with Crippen LogP contribution >= 0.6 is 11.6 Å². The SMILES string of the molecule is Fc1cc(Cl)ccc1Cc1cccc(OC2CCN(Cc3nc4cc(-c5noc(C(F)(F)F)n5)ccc4n3CC3CCO3)CC2)n1. The Kier molecular flexibility index (Phi) is 8.38. The zero-order valence-corrected chi connectivity index (χ0v) is 25.3. The molecule has 2 fully saturated rings. The summed E-state index contributed by atoms with van der Waals surface area (Å²) >= 11 is 5.88. The van der Waals surface area contributed by atoms with E-state index in [1.165, 1.54) is 6.07 Å². The number of imidazole rings is 1. The number of likely N-dealkylation sites (tertiary alicyclic amines) is 1. The van der Waals surface area contributed by atoms with Crippen molar-refractivity contribution in [1.82, 2.24) is 29.6 Å². The average molecular weight is 657 g/mol. The van der Waals surface area contributed by atoms with E-state index in [-0.39, 0.29) is 23.8 Å². The maximum atomic E-state index is 14.3. The highest BCUT2D eigenvalue weighted by atomic mass is 35.5. The van der Waals surface area contributed by atoms with Gasteiger partial charge in [0.1, 0.15) is 17.7 Å². The molecule has 0 spiro atoms. The fourth-order valence-corrected chi connectivity index (χ4v) is 5.93. The van der Waals surface area contributed by atoms with E-state index in [1.54, 1.807) is 24.3 Å². The second kappa shape index (κ2) is 12.6. The fraction of sp³-hybridized carbons (Fsp3) is 0.375. The third-order valence-electron chi connectivity index (χ3n) is 8.29. The molecule has 240 valence electrons. The van der Waals surface area contributed by atoms with Crippen molar-refractivity contribution in [3.8, 4) is 17.3 Å². The van der Waals surface area contributed by atoms with E-state index in [9.17, 15) is 17.6 Å². The molecule has 2 aliphatic heterocycles. The van der Waals surface area contributed by atoms with Crippen LogP contribution < -0.4 is 4.74 Å². The van der Waals surface area contributed by atoms with Crippen LogP contribution in [0.15, 0.2) is 59.1 Å². The number of hydrogen-bond acceptors (Lipinski definition) is 8. The largest absolute Gasteiger partial charge is 0.474 e. The molecule has 0 aliphatic carbocycles. The Morgan fingerprint density at radius 1 is 0.978 bits per heavy atom. The van der Waals surface area contributed by atoms with Gasteiger partial charge >= 0.3 is 12.1 Å². The number of halogens is 5. The predicted octanol–water partition coefficient (Wildman–Crippen LogP) is 6.72. The van der Waals surface area contributed by atoms with Crippen LogP contribution in [-0.2, 0) is 30.4 Å². The van der Waals surface area contributed by atoms with Crippen molar-refractivity contribution < 1.29 is 31.6 Å². The van der Waals surface area contributed by atoms with Gasteiger partial charge in [-0.25, -0.2) is 14.4 Å². The number of hydrogen-bond donors (Lipinski definition) is 0. The molecule has 0 radical (unpaired) electrons. The minimum absolute atomic E-state index is 0.0208. The summed E-state index contributed by atoms with van der Waals surface area (Å²) in [5.41, 5.74) is 3.09. The van der Waals surface area contributed by atoms with E-state index < -0.39 is 12.1 Å². The highest BCUT2D eigenvalue weighted by molar-refractivity contribution is 6.30. The van der Waals surface area contributed by atoms with Gasteiger partial charge in [-0.2, -0.15) is 18.2 Å². The molecule has 46 heavy (non-hydrogen) atoms. The average Bonchev–Trinajstić information content (AvgIpc) is 3.63. The van der Waals surface area contributed by atoms with Gasteiger partial charge in [-0.1, -0.05) is 28.9 Å². The highest BCUT2D eigenvalue weighted by Gasteiger charge is 2.38. The van der Waals surface area contributed by atoms with Crippen molar-refractivity contribution >= 4 is 22.6 Å². The minimum atomic E-state index is -4.72. The summed E-state index contributed by atoms with van der Waals surface area (Å²) in [6.07, 6.45) is -1.80. The summed E-state index contributed by atoms with van der Waals surface area (Å²) in [6.45, 7) is 3.49. The number of alkyl halides is 3. The van der Waals surface area contributed by atoms with E-state index in [0.717, 1.165) is 50.3 Å². The summed E-state index contributed by atoms with van der Waals surface area (Å²) < 4.78 is 71.8. The highest BCUT2D eigenvalue weighted by Crippen LogP contribution is 2.31. The summed E-state index contributed by atoms with van der Waals surface area (Å²) in [7, 11) is 0. The molecule has 5 heterocycles. The Hall–Kier alpha value is -4.07. The van der Waals surface area contributed by atoms with Crippen LogP contribution in [0.5, 0.6) is 5.88 Å². The first-order valence-corrected chi connectivity index (χ1v) is 15.4. The van der Waals surface area contributed by atoms with Crippen LogP contribution in [-0.4, -0.2) is 61.5 Å². The lowest BCUT2D eigenvalue weighted by atomic mass is 10.1. The molecule has 5 aromatic rings. The van der Waals surface area contributed by atoms with Crippen LogP contribution in [0, 0.1) is 5.82 Å². The van der Waals surface area contributed by atoms with Gasteiger partial charge in [-0.15, -0.1) is 0 Å². The Morgan fingerprint density at radius 2 is 1.80 bits per heavy atom. The lowest BCUT2D eigenvalue weighted by Gasteiger charge is -2.32. The summed E-state index contributed by atoms with van der Waals surface area (Å²) in [5.74, 6) is -0.553. The van der Waals surface area contributed by atoms with E-state index >= 15 is 0 Å². The van der Waals surface area contributed by atoms with Crippen molar-refractivity contribution in [2.75, 3.05) is 19.7 Å². The van der Waals surface area contributed by atoms with Crippen LogP contribution in [0.3, 0.4) is 0 Å². The first-order valence-electron chi connectivity index (χ1n) is 15.0. The number of benzene rings is 2. The first kappa shape index (κ1) is 30.6. The molecule has 2 saturated heterocycles. The topological polar surface area (TPSA) is 91.3 Å². The molecular weight excluding hydrogens is 628 g/mol. The van der Waals surface area contributed by atoms with Crippen molar-refractivity contribution in [2.24, 2.45) is 0 Å². The van der Waals surface area contributed by atoms with Crippen LogP contribution in [0.25, 0.3) is 22.4 Å². The van der Waals surface area contributed by atoms with Gasteiger partial charge in [0, 0.05) is 48.5 Å². The number of pyridine rings is 1. The zero-order chi connectivity index (χ0) is 31.8. The van der Waals surface area contributed by atoms with Gasteiger partial charge in [0.2, 0.25) is 11.7 Å². The molecular formula is C32H29ClF4N6O3. The molecule has 1 unspecified atom stereocenters. The second-order valence-electron chi connectivity index (χ2n) is 11.5. The maximum absolute atomic E-state index is 14.3. The van der Waals surface area contributed by atoms with Crippen LogP contribution in [0.2, 0.25) is 5.02 Å². The molecule has 14 heteroatoms. The third kappa shape index (κ3) is 6.72. The van der Waals surface area contributed by atoms with Gasteiger partial charge in [-0.05, 0) is 61.2 Å². The second-order valence-corrected chi connectivity index (χ2v) is 12.0. The molecule has 1 atom stereocenters. The van der Waals surface area contributed by atoms with Crippen molar-refractivity contribution in [3.63, 3.8) is 0 Å². The quantitative estimate of drug-likeness (QED) is 0.162. The summed E-state index contributed by atoms with van der Waals surface area (Å²) in [4.78, 5) is 15.3. The number of fused-ring (bicyclic) bond motifs is 1. The standard InChI is InChI=1S/C32H29ClF4N6O3/c33-21-6-4-19(25(34)16-21)14-22-2-1-3-29(38-22)45-23-8-11-42(12-9-23)18-28-39-26-15-20(30-40-31(46-41-30)32(35,36)37)5-7-27(26)43(28)17-24-10-13-44-24/h1-7,15-16,23-24H,8-14,17-18H2. The molecule has 0 bridgehead atoms. The smallest absolute Gasteiger partial charge is 0.471 e. The van der Waals surface area contributed by atoms with E-state index in [0.29, 0.717) is 52.8 Å². The molecule has 9 nitrogen and oxygen atoms in total. The number of ether oxygens (including phenoxy) is 2. The Morgan fingerprint density at radius 3 is 2.52 bits per heavy atom. The number of rotatable bonds is 9. The molecule has 0 N–H and O–H groups in total. The monoisotopic (exact) mass is 656 g/mol. The molecule has 7 rings (SSSR count). The predicted molar refractivity (Wildman–Crippen MR) is 160 cm³/mol. The molecule has 0 amide bonds. The molecule has 2 aromatic carbocycles. The maximum Gasteiger partial charge on any atom is 0.471 e. The lowest BCUT2D eigenvalue weighted by Crippen LogP contribution is -2.39. The summed E-state index contributed by atoms with van der Waals surface area (Å²) in [5, 5.41) is 3.87. The van der Waals surface area contributed by atoms with Gasteiger partial charge in [0.05, 0.1) is 30.2 Å². The molecule has 2 aliphatic rings. The number of piperidine rings is 1. The van der Waals surface area contributed by atoms with Crippen molar-refractivity contribution in [2.45, 2.75) is 57.2 Å². The first-order chi connectivity index (χ1) is 22.2. The van der Waals surface area contributed by atoms with Gasteiger partial charge in [0.25, 0.3) is 0 Å². The van der Waals surface area contributed by atoms with Gasteiger partial charge in [-0.3, -0.25) is 4.90 Å². The third-order valence-corrected chi connectivity index (χ3v) is 8.52. The fourth-order valence-electron chi connectivity index (χ4n) is 5.77. The van der Waals surface area contributed by atoms with Crippen molar-refractivity contribution in [3.05, 3.63) is 88.4 Å². The Bertz CT molecular complexity index is 1850. The minimum Gasteiger partial charge on any atom is -0.474 e. The Labute approximate surface area is 266 Å². The van der Waals surface area contributed by atoms with Crippen molar-refractivity contribution in [1.29, 1.82) is 0 Å². The van der Waals surface area contributed by atoms with E-state index in [4.69, 9.17) is 26.1 Å². The van der Waals surface area contributed by atoms with Crippen LogP contribution in [0.1, 0.15) is 42.2 Å². The van der Waals surface area contributed by atoms with E-state index in [1.807, 2.05) is 24.3 Å². The van der Waals surface area contributed by atoms with Crippen LogP contribution in [0.4, 0.5) is 17.6 Å². The Balaban J connectivity index is 1.02. The van der Waals surface area contributed by atoms with E-state index in [2.05, 4.69) is 29.1 Å². The number of nitrogens with zero attached hydrogens (tertiary/aromatic N) is 6. The number of aromatic nitrogens is 5.